The molecule has 0 saturated heterocycles. The monoisotopic (exact) mass is 255 g/mol. The molecule has 0 spiro atoms. The van der Waals surface area contributed by atoms with Crippen molar-refractivity contribution >= 4 is 22.4 Å². The molecule has 0 amide bonds. The lowest BCUT2D eigenvalue weighted by Gasteiger charge is -1.90. The van der Waals surface area contributed by atoms with Crippen LogP contribution in [0.4, 0.5) is 0 Å². The highest BCUT2D eigenvalue weighted by Crippen LogP contribution is 2.30. The molecule has 2 heterocycles. The third-order valence-corrected chi connectivity index (χ3v) is 3.59. The van der Waals surface area contributed by atoms with E-state index in [1.807, 2.05) is 23.6 Å². The van der Waals surface area contributed by atoms with Crippen LogP contribution in [-0.4, -0.2) is 17.1 Å². The van der Waals surface area contributed by atoms with Crippen LogP contribution < -0.4 is 4.74 Å². The van der Waals surface area contributed by atoms with Gasteiger partial charge < -0.3 is 9.72 Å². The van der Waals surface area contributed by atoms with Crippen LogP contribution in [0.3, 0.4) is 0 Å². The van der Waals surface area contributed by atoms with E-state index in [1.165, 1.54) is 0 Å². The van der Waals surface area contributed by atoms with Crippen molar-refractivity contribution in [2.24, 2.45) is 0 Å². The molecule has 1 aromatic carbocycles. The lowest BCUT2D eigenvalue weighted by Crippen LogP contribution is -1.78. The van der Waals surface area contributed by atoms with Crippen molar-refractivity contribution in [3.05, 3.63) is 35.2 Å². The van der Waals surface area contributed by atoms with Crippen LogP contribution in [0, 0.1) is 11.3 Å². The van der Waals surface area contributed by atoms with E-state index < -0.39 is 0 Å². The number of nitrogens with one attached hydrogen (secondary N) is 1. The molecule has 4 nitrogen and oxygen atoms in total. The van der Waals surface area contributed by atoms with Crippen molar-refractivity contribution in [3.63, 3.8) is 0 Å². The second kappa shape index (κ2) is 4.17. The van der Waals surface area contributed by atoms with E-state index in [0.717, 1.165) is 22.0 Å². The maximum Gasteiger partial charge on any atom is 0.148 e. The molecule has 2 aromatic heterocycles. The number of thiophene rings is 1. The SMILES string of the molecule is COc1csc(-c2nc3c(C#N)cccc3[nH]2)c1. The van der Waals surface area contributed by atoms with Gasteiger partial charge in [0.2, 0.25) is 0 Å². The Balaban J connectivity index is 2.16. The Morgan fingerprint density at radius 2 is 2.33 bits per heavy atom. The minimum atomic E-state index is 0.582. The summed E-state index contributed by atoms with van der Waals surface area (Å²) in [6.45, 7) is 0. The molecule has 0 unspecified atom stereocenters. The third-order valence-electron chi connectivity index (χ3n) is 2.68. The minimum Gasteiger partial charge on any atom is -0.496 e. The van der Waals surface area contributed by atoms with Crippen molar-refractivity contribution < 1.29 is 4.74 Å². The highest BCUT2D eigenvalue weighted by molar-refractivity contribution is 7.13. The summed E-state index contributed by atoms with van der Waals surface area (Å²) in [4.78, 5) is 8.69. The molecule has 0 radical (unpaired) electrons. The van der Waals surface area contributed by atoms with Gasteiger partial charge in [-0.15, -0.1) is 11.3 Å². The van der Waals surface area contributed by atoms with Crippen molar-refractivity contribution in [2.45, 2.75) is 0 Å². The van der Waals surface area contributed by atoms with Gasteiger partial charge in [-0.1, -0.05) is 6.07 Å². The highest BCUT2D eigenvalue weighted by atomic mass is 32.1. The van der Waals surface area contributed by atoms with Gasteiger partial charge in [-0.25, -0.2) is 4.98 Å². The molecule has 0 bridgehead atoms. The van der Waals surface area contributed by atoms with E-state index in [-0.39, 0.29) is 0 Å². The Labute approximate surface area is 107 Å². The summed E-state index contributed by atoms with van der Waals surface area (Å²) in [5.74, 6) is 1.58. The second-order valence-corrected chi connectivity index (χ2v) is 4.66. The van der Waals surface area contributed by atoms with Gasteiger partial charge in [0, 0.05) is 11.4 Å². The number of methoxy groups -OCH3 is 1. The van der Waals surface area contributed by atoms with Crippen molar-refractivity contribution in [1.82, 2.24) is 9.97 Å². The van der Waals surface area contributed by atoms with Crippen LogP contribution in [0.1, 0.15) is 5.56 Å². The Morgan fingerprint density at radius 3 is 3.06 bits per heavy atom. The lowest BCUT2D eigenvalue weighted by atomic mass is 10.2. The number of nitrogens with zero attached hydrogens (tertiary/aromatic N) is 2. The van der Waals surface area contributed by atoms with Crippen LogP contribution in [0.2, 0.25) is 0 Å². The van der Waals surface area contributed by atoms with Crippen molar-refractivity contribution in [2.75, 3.05) is 7.11 Å². The number of aromatic amines is 1. The van der Waals surface area contributed by atoms with Gasteiger partial charge in [-0.2, -0.15) is 5.26 Å². The first kappa shape index (κ1) is 10.8. The Morgan fingerprint density at radius 1 is 1.44 bits per heavy atom. The fraction of sp³-hybridized carbons (Fsp3) is 0.0769. The van der Waals surface area contributed by atoms with E-state index in [9.17, 15) is 0 Å². The number of H-pyrrole nitrogens is 1. The van der Waals surface area contributed by atoms with Crippen molar-refractivity contribution in [3.8, 4) is 22.5 Å². The van der Waals surface area contributed by atoms with E-state index in [1.54, 1.807) is 24.5 Å². The average molecular weight is 255 g/mol. The number of nitriles is 1. The third kappa shape index (κ3) is 1.63. The van der Waals surface area contributed by atoms with Gasteiger partial charge in [0.05, 0.1) is 23.1 Å². The zero-order valence-electron chi connectivity index (χ0n) is 9.60. The van der Waals surface area contributed by atoms with Crippen LogP contribution in [0.15, 0.2) is 29.6 Å². The summed E-state index contributed by atoms with van der Waals surface area (Å²) in [5.41, 5.74) is 2.16. The zero-order chi connectivity index (χ0) is 12.5. The number of fused-ring (bicyclic) bond motifs is 1. The molecule has 0 saturated carbocycles. The number of para-hydroxylation sites is 1. The maximum atomic E-state index is 9.04. The predicted octanol–water partition coefficient (Wildman–Crippen LogP) is 3.17. The van der Waals surface area contributed by atoms with Crippen LogP contribution in [0.5, 0.6) is 5.75 Å². The number of hydrogen-bond acceptors (Lipinski definition) is 4. The maximum absolute atomic E-state index is 9.04. The molecule has 88 valence electrons. The van der Waals surface area contributed by atoms with E-state index in [4.69, 9.17) is 10.00 Å². The predicted molar refractivity (Wildman–Crippen MR) is 70.7 cm³/mol. The Hall–Kier alpha value is -2.32. The molecule has 5 heteroatoms. The summed E-state index contributed by atoms with van der Waals surface area (Å²) in [5, 5.41) is 11.0. The Bertz CT molecular complexity index is 751. The number of rotatable bonds is 2. The lowest BCUT2D eigenvalue weighted by molar-refractivity contribution is 0.417. The van der Waals surface area contributed by atoms with Gasteiger partial charge in [-0.05, 0) is 12.1 Å². The number of ether oxygens (including phenoxy) is 1. The quantitative estimate of drug-likeness (QED) is 0.765. The van der Waals surface area contributed by atoms with Gasteiger partial charge in [0.15, 0.2) is 0 Å². The van der Waals surface area contributed by atoms with E-state index in [2.05, 4.69) is 16.0 Å². The number of imidazole rings is 1. The minimum absolute atomic E-state index is 0.582. The summed E-state index contributed by atoms with van der Waals surface area (Å²) < 4.78 is 5.15. The molecule has 3 rings (SSSR count). The fourth-order valence-corrected chi connectivity index (χ4v) is 2.59. The molecule has 0 aliphatic rings. The normalized spacial score (nSPS) is 10.4. The standard InChI is InChI=1S/C13H9N3OS/c1-17-9-5-11(18-7-9)13-15-10-4-2-3-8(6-14)12(10)16-13/h2-5,7H,1H3,(H,15,16). The molecular weight excluding hydrogens is 246 g/mol. The Kier molecular flexibility index (Phi) is 2.50. The fourth-order valence-electron chi connectivity index (χ4n) is 1.79. The van der Waals surface area contributed by atoms with E-state index >= 15 is 0 Å². The number of benzene rings is 1. The van der Waals surface area contributed by atoms with E-state index in [0.29, 0.717) is 11.1 Å². The van der Waals surface area contributed by atoms with Crippen molar-refractivity contribution in [1.29, 1.82) is 5.26 Å². The van der Waals surface area contributed by atoms with Gasteiger partial charge in [-0.3, -0.25) is 0 Å². The molecule has 18 heavy (non-hydrogen) atoms. The highest BCUT2D eigenvalue weighted by Gasteiger charge is 2.10. The average Bonchev–Trinajstić information content (AvgIpc) is 3.03. The van der Waals surface area contributed by atoms with Crippen LogP contribution in [0.25, 0.3) is 21.7 Å². The van der Waals surface area contributed by atoms with Crippen LogP contribution >= 0.6 is 11.3 Å². The number of aromatic nitrogens is 2. The molecule has 1 N–H and O–H groups in total. The molecule has 0 aliphatic carbocycles. The molecular formula is C13H9N3OS. The zero-order valence-corrected chi connectivity index (χ0v) is 10.4. The molecule has 0 fully saturated rings. The molecule has 3 aromatic rings. The van der Waals surface area contributed by atoms with Gasteiger partial charge in [0.1, 0.15) is 23.2 Å². The topological polar surface area (TPSA) is 61.7 Å². The first-order valence-corrected chi connectivity index (χ1v) is 6.21. The summed E-state index contributed by atoms with van der Waals surface area (Å²) in [6.07, 6.45) is 0. The van der Waals surface area contributed by atoms with Gasteiger partial charge >= 0.3 is 0 Å². The summed E-state index contributed by atoms with van der Waals surface area (Å²) in [6, 6.07) is 9.60. The summed E-state index contributed by atoms with van der Waals surface area (Å²) >= 11 is 1.55. The second-order valence-electron chi connectivity index (χ2n) is 3.75. The molecule has 0 atom stereocenters. The number of hydrogen-bond donors (Lipinski definition) is 1. The first-order valence-electron chi connectivity index (χ1n) is 5.33. The smallest absolute Gasteiger partial charge is 0.148 e. The summed E-state index contributed by atoms with van der Waals surface area (Å²) in [7, 11) is 1.64. The first-order chi connectivity index (χ1) is 8.81. The van der Waals surface area contributed by atoms with Crippen LogP contribution in [-0.2, 0) is 0 Å². The van der Waals surface area contributed by atoms with Gasteiger partial charge in [0.25, 0.3) is 0 Å². The molecule has 0 aliphatic heterocycles. The largest absolute Gasteiger partial charge is 0.496 e.